The van der Waals surface area contributed by atoms with Gasteiger partial charge < -0.3 is 11.1 Å². The topological polar surface area (TPSA) is 90.9 Å². The van der Waals surface area contributed by atoms with Gasteiger partial charge in [-0.25, -0.2) is 4.98 Å². The fourth-order valence-electron chi connectivity index (χ4n) is 2.77. The predicted octanol–water partition coefficient (Wildman–Crippen LogP) is 2.44. The molecule has 118 valence electrons. The maximum atomic E-state index is 8.87. The number of hydrogen-bond donors (Lipinski definition) is 2. The molecule has 0 amide bonds. The van der Waals surface area contributed by atoms with E-state index in [9.17, 15) is 0 Å². The van der Waals surface area contributed by atoms with E-state index >= 15 is 0 Å². The highest BCUT2D eigenvalue weighted by Crippen LogP contribution is 2.25. The van der Waals surface area contributed by atoms with Crippen LogP contribution in [0.4, 0.5) is 17.5 Å². The maximum absolute atomic E-state index is 8.87. The van der Waals surface area contributed by atoms with Crippen LogP contribution >= 0.6 is 0 Å². The van der Waals surface area contributed by atoms with Crippen LogP contribution in [0.2, 0.25) is 0 Å². The van der Waals surface area contributed by atoms with Crippen molar-refractivity contribution in [1.82, 2.24) is 14.9 Å². The van der Waals surface area contributed by atoms with Crippen LogP contribution in [-0.4, -0.2) is 27.5 Å². The Morgan fingerprint density at radius 3 is 2.87 bits per heavy atom. The second kappa shape index (κ2) is 6.23. The van der Waals surface area contributed by atoms with Crippen molar-refractivity contribution in [3.05, 3.63) is 41.1 Å². The zero-order valence-electron chi connectivity index (χ0n) is 13.4. The lowest BCUT2D eigenvalue weighted by molar-refractivity contribution is 0.203. The van der Waals surface area contributed by atoms with Gasteiger partial charge in [0.2, 0.25) is 5.95 Å². The van der Waals surface area contributed by atoms with Gasteiger partial charge in [0.05, 0.1) is 6.20 Å². The number of nitriles is 1. The molecule has 0 spiro atoms. The summed E-state index contributed by atoms with van der Waals surface area (Å²) in [5.74, 6) is 0.590. The quantitative estimate of drug-likeness (QED) is 0.905. The predicted molar refractivity (Wildman–Crippen MR) is 90.1 cm³/mol. The summed E-state index contributed by atoms with van der Waals surface area (Å²) in [6.07, 6.45) is 2.51. The van der Waals surface area contributed by atoms with E-state index in [2.05, 4.69) is 46.2 Å². The largest absolute Gasteiger partial charge is 0.382 e. The molecule has 0 radical (unpaired) electrons. The van der Waals surface area contributed by atoms with Gasteiger partial charge in [-0.1, -0.05) is 6.07 Å². The summed E-state index contributed by atoms with van der Waals surface area (Å²) in [5, 5.41) is 12.0. The van der Waals surface area contributed by atoms with Crippen LogP contribution in [0.25, 0.3) is 0 Å². The van der Waals surface area contributed by atoms with E-state index in [4.69, 9.17) is 11.0 Å². The van der Waals surface area contributed by atoms with Crippen molar-refractivity contribution in [2.45, 2.75) is 32.9 Å². The summed E-state index contributed by atoms with van der Waals surface area (Å²) >= 11 is 0. The van der Waals surface area contributed by atoms with E-state index in [-0.39, 0.29) is 11.4 Å². The smallest absolute Gasteiger partial charge is 0.229 e. The van der Waals surface area contributed by atoms with Crippen molar-refractivity contribution in [2.75, 3.05) is 17.6 Å². The zero-order chi connectivity index (χ0) is 16.4. The van der Waals surface area contributed by atoms with E-state index in [1.165, 1.54) is 17.3 Å². The number of nitrogens with zero attached hydrogens (tertiary/aromatic N) is 4. The molecule has 3 rings (SSSR count). The summed E-state index contributed by atoms with van der Waals surface area (Å²) in [6, 6.07) is 8.83. The molecule has 1 aromatic heterocycles. The summed E-state index contributed by atoms with van der Waals surface area (Å²) in [5.41, 5.74) is 9.67. The molecule has 0 fully saturated rings. The summed E-state index contributed by atoms with van der Waals surface area (Å²) in [4.78, 5) is 10.7. The third-order valence-electron chi connectivity index (χ3n) is 4.17. The van der Waals surface area contributed by atoms with Crippen molar-refractivity contribution >= 4 is 17.5 Å². The molecule has 3 N–H and O–H groups in total. The summed E-state index contributed by atoms with van der Waals surface area (Å²) < 4.78 is 0. The number of nitrogens with two attached hydrogens (primary N) is 1. The fourth-order valence-corrected chi connectivity index (χ4v) is 2.77. The SMILES string of the molecule is CC(C)N1CCc2ccc(Nc3ncc(C#N)c(N)n3)cc2C1. The molecule has 1 aliphatic rings. The van der Waals surface area contributed by atoms with Gasteiger partial charge >= 0.3 is 0 Å². The first kappa shape index (κ1) is 15.3. The second-order valence-electron chi connectivity index (χ2n) is 6.03. The number of nitrogen functional groups attached to an aromatic ring is 1. The molecule has 0 bridgehead atoms. The van der Waals surface area contributed by atoms with Crippen LogP contribution in [-0.2, 0) is 13.0 Å². The minimum Gasteiger partial charge on any atom is -0.382 e. The highest BCUT2D eigenvalue weighted by atomic mass is 15.2. The number of nitrogens with one attached hydrogen (secondary N) is 1. The highest BCUT2D eigenvalue weighted by molar-refractivity contribution is 5.58. The number of benzene rings is 1. The molecule has 0 atom stereocenters. The third kappa shape index (κ3) is 3.25. The Morgan fingerprint density at radius 1 is 1.35 bits per heavy atom. The van der Waals surface area contributed by atoms with Gasteiger partial charge in [0, 0.05) is 24.8 Å². The average Bonchev–Trinajstić information content (AvgIpc) is 2.54. The van der Waals surface area contributed by atoms with E-state index in [1.54, 1.807) is 0 Å². The first-order valence-corrected chi connectivity index (χ1v) is 7.72. The molecule has 2 heterocycles. The van der Waals surface area contributed by atoms with E-state index in [0.29, 0.717) is 12.0 Å². The summed E-state index contributed by atoms with van der Waals surface area (Å²) in [7, 11) is 0. The molecule has 6 heteroatoms. The molecule has 2 aromatic rings. The Morgan fingerprint density at radius 2 is 2.17 bits per heavy atom. The monoisotopic (exact) mass is 308 g/mol. The van der Waals surface area contributed by atoms with Gasteiger partial charge in [-0.05, 0) is 43.5 Å². The fraction of sp³-hybridized carbons (Fsp3) is 0.353. The molecule has 0 saturated carbocycles. The molecule has 0 aliphatic carbocycles. The summed E-state index contributed by atoms with van der Waals surface area (Å²) in [6.45, 7) is 6.51. The van der Waals surface area contributed by atoms with Crippen LogP contribution in [0.15, 0.2) is 24.4 Å². The van der Waals surface area contributed by atoms with Crippen molar-refractivity contribution in [2.24, 2.45) is 0 Å². The van der Waals surface area contributed by atoms with Crippen molar-refractivity contribution in [3.63, 3.8) is 0 Å². The first-order chi connectivity index (χ1) is 11.1. The van der Waals surface area contributed by atoms with E-state index in [0.717, 1.165) is 25.2 Å². The number of rotatable bonds is 3. The van der Waals surface area contributed by atoms with E-state index in [1.807, 2.05) is 12.1 Å². The minimum atomic E-state index is 0.189. The van der Waals surface area contributed by atoms with E-state index < -0.39 is 0 Å². The number of hydrogen-bond acceptors (Lipinski definition) is 6. The van der Waals surface area contributed by atoms with Gasteiger partial charge in [-0.3, -0.25) is 4.90 Å². The Balaban J connectivity index is 1.81. The second-order valence-corrected chi connectivity index (χ2v) is 6.03. The number of anilines is 3. The first-order valence-electron chi connectivity index (χ1n) is 7.72. The van der Waals surface area contributed by atoms with Crippen molar-refractivity contribution < 1.29 is 0 Å². The molecule has 1 aromatic carbocycles. The molecule has 0 unspecified atom stereocenters. The molecular formula is C17H20N6. The standard InChI is InChI=1S/C17H20N6/c1-11(2)23-6-5-12-3-4-15(7-13(12)10-23)21-17-20-9-14(8-18)16(19)22-17/h3-4,7,9,11H,5-6,10H2,1-2H3,(H3,19,20,21,22). The van der Waals surface area contributed by atoms with Crippen LogP contribution in [0.3, 0.4) is 0 Å². The Hall–Kier alpha value is -2.65. The Labute approximate surface area is 136 Å². The van der Waals surface area contributed by atoms with Crippen LogP contribution in [0.5, 0.6) is 0 Å². The Kier molecular flexibility index (Phi) is 4.13. The maximum Gasteiger partial charge on any atom is 0.229 e. The molecule has 1 aliphatic heterocycles. The van der Waals surface area contributed by atoms with Gasteiger partial charge in [-0.2, -0.15) is 10.2 Å². The van der Waals surface area contributed by atoms with Crippen molar-refractivity contribution in [1.29, 1.82) is 5.26 Å². The van der Waals surface area contributed by atoms with Crippen molar-refractivity contribution in [3.8, 4) is 6.07 Å². The van der Waals surface area contributed by atoms with Gasteiger partial charge in [0.25, 0.3) is 0 Å². The number of fused-ring (bicyclic) bond motifs is 1. The number of aromatic nitrogens is 2. The minimum absolute atomic E-state index is 0.189. The van der Waals surface area contributed by atoms with Gasteiger partial charge in [0.1, 0.15) is 17.5 Å². The van der Waals surface area contributed by atoms with Crippen LogP contribution in [0, 0.1) is 11.3 Å². The normalized spacial score (nSPS) is 14.3. The molecule has 6 nitrogen and oxygen atoms in total. The molecule has 23 heavy (non-hydrogen) atoms. The zero-order valence-corrected chi connectivity index (χ0v) is 13.4. The average molecular weight is 308 g/mol. The van der Waals surface area contributed by atoms with Gasteiger partial charge in [-0.15, -0.1) is 0 Å². The van der Waals surface area contributed by atoms with Crippen LogP contribution < -0.4 is 11.1 Å². The van der Waals surface area contributed by atoms with Crippen LogP contribution in [0.1, 0.15) is 30.5 Å². The highest BCUT2D eigenvalue weighted by Gasteiger charge is 2.18. The van der Waals surface area contributed by atoms with Gasteiger partial charge in [0.15, 0.2) is 0 Å². The lowest BCUT2D eigenvalue weighted by atomic mass is 9.98. The third-order valence-corrected chi connectivity index (χ3v) is 4.17. The Bertz CT molecular complexity index is 762. The lowest BCUT2D eigenvalue weighted by Gasteiger charge is -2.32. The molecular weight excluding hydrogens is 288 g/mol. The molecule has 0 saturated heterocycles. The lowest BCUT2D eigenvalue weighted by Crippen LogP contribution is -2.35.